The monoisotopic (exact) mass is 195 g/mol. The first-order valence-corrected chi connectivity index (χ1v) is 4.72. The molecule has 0 amide bonds. The van der Waals surface area contributed by atoms with E-state index in [0.29, 0.717) is 0 Å². The molecule has 0 radical (unpaired) electrons. The van der Waals surface area contributed by atoms with Gasteiger partial charge in [0, 0.05) is 6.04 Å². The van der Waals surface area contributed by atoms with Crippen molar-refractivity contribution in [3.8, 4) is 5.75 Å². The van der Waals surface area contributed by atoms with Crippen molar-refractivity contribution in [2.45, 2.75) is 26.0 Å². The third-order valence-electron chi connectivity index (χ3n) is 2.21. The molecule has 0 bridgehead atoms. The maximum absolute atomic E-state index is 9.34. The minimum Gasteiger partial charge on any atom is -0.495 e. The zero-order chi connectivity index (χ0) is 10.6. The van der Waals surface area contributed by atoms with Crippen molar-refractivity contribution in [2.75, 3.05) is 12.4 Å². The molecule has 14 heavy (non-hydrogen) atoms. The molecule has 0 saturated carbocycles. The molecule has 1 rings (SSSR count). The summed E-state index contributed by atoms with van der Waals surface area (Å²) in [5.74, 6) is 0.792. The molecule has 1 aromatic rings. The number of hydrogen-bond donors (Lipinski definition) is 2. The zero-order valence-electron chi connectivity index (χ0n) is 8.82. The Morgan fingerprint density at radius 2 is 1.93 bits per heavy atom. The summed E-state index contributed by atoms with van der Waals surface area (Å²) in [6.07, 6.45) is -0.389. The van der Waals surface area contributed by atoms with Gasteiger partial charge in [-0.15, -0.1) is 0 Å². The quantitative estimate of drug-likeness (QED) is 0.770. The van der Waals surface area contributed by atoms with Crippen LogP contribution in [0.15, 0.2) is 24.3 Å². The molecule has 0 aliphatic heterocycles. The molecule has 0 aliphatic rings. The summed E-state index contributed by atoms with van der Waals surface area (Å²) in [4.78, 5) is 0. The van der Waals surface area contributed by atoms with Crippen molar-refractivity contribution in [1.82, 2.24) is 0 Å². The van der Waals surface area contributed by atoms with E-state index in [0.717, 1.165) is 11.4 Å². The Morgan fingerprint density at radius 3 is 2.50 bits per heavy atom. The lowest BCUT2D eigenvalue weighted by Gasteiger charge is -2.19. The Morgan fingerprint density at radius 1 is 1.29 bits per heavy atom. The fourth-order valence-electron chi connectivity index (χ4n) is 1.13. The average molecular weight is 195 g/mol. The van der Waals surface area contributed by atoms with Gasteiger partial charge >= 0.3 is 0 Å². The average Bonchev–Trinajstić information content (AvgIpc) is 2.18. The van der Waals surface area contributed by atoms with E-state index in [-0.39, 0.29) is 12.1 Å². The van der Waals surface area contributed by atoms with E-state index in [4.69, 9.17) is 4.74 Å². The number of para-hydroxylation sites is 2. The van der Waals surface area contributed by atoms with Crippen molar-refractivity contribution in [2.24, 2.45) is 0 Å². The summed E-state index contributed by atoms with van der Waals surface area (Å²) in [6.45, 7) is 3.68. The fraction of sp³-hybridized carbons (Fsp3) is 0.455. The highest BCUT2D eigenvalue weighted by molar-refractivity contribution is 5.56. The first-order valence-electron chi connectivity index (χ1n) is 4.72. The van der Waals surface area contributed by atoms with Crippen LogP contribution in [0.4, 0.5) is 5.69 Å². The summed E-state index contributed by atoms with van der Waals surface area (Å²) in [6, 6.07) is 7.66. The Hall–Kier alpha value is -1.22. The molecule has 0 heterocycles. The van der Waals surface area contributed by atoms with Crippen LogP contribution in [-0.4, -0.2) is 24.4 Å². The third-order valence-corrected chi connectivity index (χ3v) is 2.21. The lowest BCUT2D eigenvalue weighted by molar-refractivity contribution is 0.177. The van der Waals surface area contributed by atoms with Gasteiger partial charge < -0.3 is 15.2 Å². The van der Waals surface area contributed by atoms with Crippen LogP contribution in [0.3, 0.4) is 0 Å². The van der Waals surface area contributed by atoms with E-state index in [9.17, 15) is 5.11 Å². The van der Waals surface area contributed by atoms with Gasteiger partial charge in [-0.3, -0.25) is 0 Å². The number of hydrogen-bond acceptors (Lipinski definition) is 3. The molecule has 0 spiro atoms. The summed E-state index contributed by atoms with van der Waals surface area (Å²) >= 11 is 0. The van der Waals surface area contributed by atoms with Crippen molar-refractivity contribution in [3.05, 3.63) is 24.3 Å². The van der Waals surface area contributed by atoms with Gasteiger partial charge in [0.15, 0.2) is 0 Å². The van der Waals surface area contributed by atoms with Crippen LogP contribution in [0.25, 0.3) is 0 Å². The smallest absolute Gasteiger partial charge is 0.141 e. The standard InChI is InChI=1S/C11H17NO2/c1-8(9(2)13)12-10-6-4-5-7-11(10)14-3/h4-9,12-13H,1-3H3/t8-,9+/m0/s1. The molecule has 2 atom stereocenters. The minimum absolute atomic E-state index is 0.00583. The van der Waals surface area contributed by atoms with Crippen LogP contribution in [0, 0.1) is 0 Å². The van der Waals surface area contributed by atoms with E-state index in [2.05, 4.69) is 5.32 Å². The van der Waals surface area contributed by atoms with Gasteiger partial charge in [0.25, 0.3) is 0 Å². The Labute approximate surface area is 84.7 Å². The molecule has 1 aromatic carbocycles. The number of aliphatic hydroxyl groups excluding tert-OH is 1. The van der Waals surface area contributed by atoms with Crippen molar-refractivity contribution >= 4 is 5.69 Å². The molecule has 0 fully saturated rings. The predicted molar refractivity (Wildman–Crippen MR) is 57.8 cm³/mol. The van der Waals surface area contributed by atoms with E-state index >= 15 is 0 Å². The Kier molecular flexibility index (Phi) is 3.77. The predicted octanol–water partition coefficient (Wildman–Crippen LogP) is 1.88. The maximum atomic E-state index is 9.34. The zero-order valence-corrected chi connectivity index (χ0v) is 8.82. The minimum atomic E-state index is -0.389. The highest BCUT2D eigenvalue weighted by atomic mass is 16.5. The molecule has 3 nitrogen and oxygen atoms in total. The molecular formula is C11H17NO2. The second kappa shape index (κ2) is 4.86. The number of methoxy groups -OCH3 is 1. The Balaban J connectivity index is 2.75. The molecule has 3 heteroatoms. The maximum Gasteiger partial charge on any atom is 0.141 e. The van der Waals surface area contributed by atoms with E-state index < -0.39 is 0 Å². The van der Waals surface area contributed by atoms with Gasteiger partial charge in [0.1, 0.15) is 5.75 Å². The summed E-state index contributed by atoms with van der Waals surface area (Å²) < 4.78 is 5.18. The summed E-state index contributed by atoms with van der Waals surface area (Å²) in [5, 5.41) is 12.5. The highest BCUT2D eigenvalue weighted by Crippen LogP contribution is 2.23. The van der Waals surface area contributed by atoms with Crippen LogP contribution in [0.5, 0.6) is 5.75 Å². The number of benzene rings is 1. The van der Waals surface area contributed by atoms with Crippen molar-refractivity contribution < 1.29 is 9.84 Å². The molecule has 0 saturated heterocycles. The van der Waals surface area contributed by atoms with Crippen LogP contribution < -0.4 is 10.1 Å². The largest absolute Gasteiger partial charge is 0.495 e. The Bertz CT molecular complexity index is 286. The van der Waals surface area contributed by atoms with Crippen LogP contribution in [0.2, 0.25) is 0 Å². The molecule has 0 unspecified atom stereocenters. The first-order chi connectivity index (χ1) is 6.65. The number of aliphatic hydroxyl groups is 1. The SMILES string of the molecule is COc1ccccc1N[C@@H](C)[C@@H](C)O. The highest BCUT2D eigenvalue weighted by Gasteiger charge is 2.10. The topological polar surface area (TPSA) is 41.5 Å². The van der Waals surface area contributed by atoms with Gasteiger partial charge in [0.2, 0.25) is 0 Å². The number of ether oxygens (including phenoxy) is 1. The lowest BCUT2D eigenvalue weighted by Crippen LogP contribution is -2.27. The van der Waals surface area contributed by atoms with Gasteiger partial charge in [-0.1, -0.05) is 12.1 Å². The second-order valence-corrected chi connectivity index (χ2v) is 3.37. The number of nitrogens with one attached hydrogen (secondary N) is 1. The number of rotatable bonds is 4. The molecular weight excluding hydrogens is 178 g/mol. The van der Waals surface area contributed by atoms with Crippen molar-refractivity contribution in [3.63, 3.8) is 0 Å². The van der Waals surface area contributed by atoms with Gasteiger partial charge in [-0.25, -0.2) is 0 Å². The van der Waals surface area contributed by atoms with E-state index in [1.54, 1.807) is 14.0 Å². The van der Waals surface area contributed by atoms with Gasteiger partial charge in [-0.2, -0.15) is 0 Å². The molecule has 78 valence electrons. The van der Waals surface area contributed by atoms with Crippen LogP contribution in [-0.2, 0) is 0 Å². The fourth-order valence-corrected chi connectivity index (χ4v) is 1.13. The summed E-state index contributed by atoms with van der Waals surface area (Å²) in [5.41, 5.74) is 0.906. The normalized spacial score (nSPS) is 14.6. The third kappa shape index (κ3) is 2.64. The summed E-state index contributed by atoms with van der Waals surface area (Å²) in [7, 11) is 1.63. The second-order valence-electron chi connectivity index (χ2n) is 3.37. The molecule has 0 aromatic heterocycles. The molecule has 2 N–H and O–H groups in total. The number of anilines is 1. The van der Waals surface area contributed by atoms with Gasteiger partial charge in [-0.05, 0) is 26.0 Å². The van der Waals surface area contributed by atoms with E-state index in [1.165, 1.54) is 0 Å². The first kappa shape index (κ1) is 10.9. The van der Waals surface area contributed by atoms with E-state index in [1.807, 2.05) is 31.2 Å². The lowest BCUT2D eigenvalue weighted by atomic mass is 10.2. The van der Waals surface area contributed by atoms with Gasteiger partial charge in [0.05, 0.1) is 18.9 Å². The van der Waals surface area contributed by atoms with Crippen LogP contribution in [0.1, 0.15) is 13.8 Å². The molecule has 0 aliphatic carbocycles. The van der Waals surface area contributed by atoms with Crippen molar-refractivity contribution in [1.29, 1.82) is 0 Å². The van der Waals surface area contributed by atoms with Crippen LogP contribution >= 0.6 is 0 Å².